The molecule has 1 fully saturated rings. The lowest BCUT2D eigenvalue weighted by Crippen LogP contribution is -2.37. The first-order chi connectivity index (χ1) is 7.50. The third kappa shape index (κ3) is 4.12. The van der Waals surface area contributed by atoms with E-state index in [4.69, 9.17) is 5.73 Å². The smallest absolute Gasteiger partial charge is 0.220 e. The maximum Gasteiger partial charge on any atom is 0.220 e. The molecule has 0 aliphatic heterocycles. The number of amides is 1. The van der Waals surface area contributed by atoms with Crippen LogP contribution in [-0.2, 0) is 4.79 Å². The normalized spacial score (nSPS) is 28.0. The molecule has 0 radical (unpaired) electrons. The zero-order valence-electron chi connectivity index (χ0n) is 10.8. The molecule has 0 heterocycles. The largest absolute Gasteiger partial charge is 0.369 e. The Morgan fingerprint density at radius 3 is 2.25 bits per heavy atom. The first kappa shape index (κ1) is 13.5. The zero-order valence-corrected chi connectivity index (χ0v) is 10.8. The number of carbonyl (C=O) groups excluding carboxylic acids is 1. The molecule has 3 nitrogen and oxygen atoms in total. The van der Waals surface area contributed by atoms with Gasteiger partial charge in [-0.15, -0.1) is 0 Å². The molecular weight excluding hydrogens is 200 g/mol. The zero-order chi connectivity index (χ0) is 12.1. The SMILES string of the molecule is CC(C)C(C)NCC1CCC(C(N)=O)CC1. The van der Waals surface area contributed by atoms with E-state index < -0.39 is 0 Å². The van der Waals surface area contributed by atoms with Crippen LogP contribution in [0, 0.1) is 17.8 Å². The van der Waals surface area contributed by atoms with Gasteiger partial charge in [-0.1, -0.05) is 13.8 Å². The Bertz CT molecular complexity index is 220. The molecule has 0 aromatic heterocycles. The fraction of sp³-hybridized carbons (Fsp3) is 0.923. The van der Waals surface area contributed by atoms with Crippen LogP contribution in [-0.4, -0.2) is 18.5 Å². The molecule has 1 aliphatic carbocycles. The quantitative estimate of drug-likeness (QED) is 0.752. The Balaban J connectivity index is 2.20. The number of nitrogens with two attached hydrogens (primary N) is 1. The van der Waals surface area contributed by atoms with Crippen LogP contribution in [0.3, 0.4) is 0 Å². The first-order valence-corrected chi connectivity index (χ1v) is 6.53. The molecule has 0 aromatic carbocycles. The van der Waals surface area contributed by atoms with Gasteiger partial charge in [-0.25, -0.2) is 0 Å². The lowest BCUT2D eigenvalue weighted by atomic mass is 9.81. The van der Waals surface area contributed by atoms with Crippen LogP contribution in [0.1, 0.15) is 46.5 Å². The standard InChI is InChI=1S/C13H26N2O/c1-9(2)10(3)15-8-11-4-6-12(7-5-11)13(14)16/h9-12,15H,4-8H2,1-3H3,(H2,14,16). The highest BCUT2D eigenvalue weighted by Crippen LogP contribution is 2.28. The average Bonchev–Trinajstić information content (AvgIpc) is 2.26. The van der Waals surface area contributed by atoms with Gasteiger partial charge in [0.15, 0.2) is 0 Å². The monoisotopic (exact) mass is 226 g/mol. The fourth-order valence-electron chi connectivity index (χ4n) is 2.24. The molecule has 1 saturated carbocycles. The summed E-state index contributed by atoms with van der Waals surface area (Å²) in [5.41, 5.74) is 5.32. The van der Waals surface area contributed by atoms with Gasteiger partial charge in [0.25, 0.3) is 0 Å². The second-order valence-corrected chi connectivity index (χ2v) is 5.56. The molecule has 0 bridgehead atoms. The molecule has 94 valence electrons. The molecular formula is C13H26N2O. The second-order valence-electron chi connectivity index (χ2n) is 5.56. The molecule has 1 aliphatic rings. The van der Waals surface area contributed by atoms with Crippen LogP contribution in [0.2, 0.25) is 0 Å². The van der Waals surface area contributed by atoms with Gasteiger partial charge in [0.05, 0.1) is 0 Å². The number of primary amides is 1. The van der Waals surface area contributed by atoms with E-state index in [2.05, 4.69) is 26.1 Å². The first-order valence-electron chi connectivity index (χ1n) is 6.53. The average molecular weight is 226 g/mol. The summed E-state index contributed by atoms with van der Waals surface area (Å²) < 4.78 is 0. The number of nitrogens with one attached hydrogen (secondary N) is 1. The van der Waals surface area contributed by atoms with Crippen molar-refractivity contribution in [3.63, 3.8) is 0 Å². The van der Waals surface area contributed by atoms with Crippen molar-refractivity contribution in [1.29, 1.82) is 0 Å². The summed E-state index contributed by atoms with van der Waals surface area (Å²) in [4.78, 5) is 11.0. The number of carbonyl (C=O) groups is 1. The third-order valence-corrected chi connectivity index (χ3v) is 3.98. The Hall–Kier alpha value is -0.570. The number of rotatable bonds is 5. The Morgan fingerprint density at radius 2 is 1.81 bits per heavy atom. The molecule has 0 aromatic rings. The molecule has 1 atom stereocenters. The fourth-order valence-corrected chi connectivity index (χ4v) is 2.24. The van der Waals surface area contributed by atoms with Crippen LogP contribution < -0.4 is 11.1 Å². The van der Waals surface area contributed by atoms with Crippen molar-refractivity contribution in [3.05, 3.63) is 0 Å². The molecule has 1 amide bonds. The molecule has 3 N–H and O–H groups in total. The molecule has 0 spiro atoms. The van der Waals surface area contributed by atoms with Crippen molar-refractivity contribution in [2.45, 2.75) is 52.5 Å². The van der Waals surface area contributed by atoms with Gasteiger partial charge in [0, 0.05) is 12.0 Å². The minimum Gasteiger partial charge on any atom is -0.369 e. The third-order valence-electron chi connectivity index (χ3n) is 3.98. The molecule has 1 rings (SSSR count). The molecule has 1 unspecified atom stereocenters. The van der Waals surface area contributed by atoms with E-state index in [-0.39, 0.29) is 11.8 Å². The lowest BCUT2D eigenvalue weighted by Gasteiger charge is -2.28. The van der Waals surface area contributed by atoms with Gasteiger partial charge in [-0.2, -0.15) is 0 Å². The highest BCUT2D eigenvalue weighted by atomic mass is 16.1. The van der Waals surface area contributed by atoms with Crippen molar-refractivity contribution in [1.82, 2.24) is 5.32 Å². The van der Waals surface area contributed by atoms with Crippen molar-refractivity contribution in [3.8, 4) is 0 Å². The van der Waals surface area contributed by atoms with Crippen molar-refractivity contribution < 1.29 is 4.79 Å². The minimum absolute atomic E-state index is 0.109. The van der Waals surface area contributed by atoms with Crippen molar-refractivity contribution in [2.24, 2.45) is 23.5 Å². The van der Waals surface area contributed by atoms with Gasteiger partial charge in [-0.3, -0.25) is 4.79 Å². The summed E-state index contributed by atoms with van der Waals surface area (Å²) in [5.74, 6) is 1.44. The molecule has 3 heteroatoms. The van der Waals surface area contributed by atoms with Crippen molar-refractivity contribution >= 4 is 5.91 Å². The van der Waals surface area contributed by atoms with E-state index in [1.807, 2.05) is 0 Å². The van der Waals surface area contributed by atoms with Gasteiger partial charge >= 0.3 is 0 Å². The summed E-state index contributed by atoms with van der Waals surface area (Å²) in [7, 11) is 0. The van der Waals surface area contributed by atoms with Gasteiger partial charge in [0.1, 0.15) is 0 Å². The van der Waals surface area contributed by atoms with Gasteiger partial charge in [-0.05, 0) is 51.0 Å². The minimum atomic E-state index is -0.109. The molecule has 16 heavy (non-hydrogen) atoms. The van der Waals surface area contributed by atoms with E-state index in [0.717, 1.165) is 38.1 Å². The Labute approximate surface area is 99.2 Å². The summed E-state index contributed by atoms with van der Waals surface area (Å²) >= 11 is 0. The predicted octanol–water partition coefficient (Wildman–Crippen LogP) is 1.91. The summed E-state index contributed by atoms with van der Waals surface area (Å²) in [6, 6.07) is 0.578. The summed E-state index contributed by atoms with van der Waals surface area (Å²) in [6.45, 7) is 7.80. The summed E-state index contributed by atoms with van der Waals surface area (Å²) in [5, 5.41) is 3.58. The van der Waals surface area contributed by atoms with Crippen molar-refractivity contribution in [2.75, 3.05) is 6.54 Å². The van der Waals surface area contributed by atoms with E-state index in [9.17, 15) is 4.79 Å². The number of hydrogen-bond donors (Lipinski definition) is 2. The van der Waals surface area contributed by atoms with Crippen LogP contribution in [0.15, 0.2) is 0 Å². The highest BCUT2D eigenvalue weighted by Gasteiger charge is 2.24. The van der Waals surface area contributed by atoms with E-state index in [1.165, 1.54) is 0 Å². The van der Waals surface area contributed by atoms with E-state index >= 15 is 0 Å². The topological polar surface area (TPSA) is 55.1 Å². The highest BCUT2D eigenvalue weighted by molar-refractivity contribution is 5.76. The molecule has 0 saturated heterocycles. The van der Waals surface area contributed by atoms with Gasteiger partial charge < -0.3 is 11.1 Å². The Morgan fingerprint density at radius 1 is 1.25 bits per heavy atom. The predicted molar refractivity (Wildman–Crippen MR) is 66.9 cm³/mol. The second kappa shape index (κ2) is 6.24. The van der Waals surface area contributed by atoms with Crippen LogP contribution in [0.4, 0.5) is 0 Å². The van der Waals surface area contributed by atoms with Gasteiger partial charge in [0.2, 0.25) is 5.91 Å². The Kier molecular flexibility index (Phi) is 5.26. The lowest BCUT2D eigenvalue weighted by molar-refractivity contribution is -0.122. The summed E-state index contributed by atoms with van der Waals surface area (Å²) in [6.07, 6.45) is 4.26. The van der Waals surface area contributed by atoms with Crippen LogP contribution in [0.5, 0.6) is 0 Å². The maximum atomic E-state index is 11.0. The van der Waals surface area contributed by atoms with Crippen LogP contribution >= 0.6 is 0 Å². The van der Waals surface area contributed by atoms with E-state index in [0.29, 0.717) is 12.0 Å². The maximum absolute atomic E-state index is 11.0. The van der Waals surface area contributed by atoms with E-state index in [1.54, 1.807) is 0 Å². The van der Waals surface area contributed by atoms with Crippen LogP contribution in [0.25, 0.3) is 0 Å². The number of hydrogen-bond acceptors (Lipinski definition) is 2.